The van der Waals surface area contributed by atoms with E-state index in [1.54, 1.807) is 6.92 Å². The van der Waals surface area contributed by atoms with Crippen molar-refractivity contribution in [2.45, 2.75) is 27.2 Å². The molecule has 0 amide bonds. The lowest BCUT2D eigenvalue weighted by Gasteiger charge is -2.23. The second-order valence-corrected chi connectivity index (χ2v) is 5.45. The third-order valence-electron chi connectivity index (χ3n) is 2.41. The van der Waals surface area contributed by atoms with Gasteiger partial charge in [0.1, 0.15) is 5.01 Å². The standard InChI is InChI=1S/C12H19N3O2S/c1-5-10-13-14-12(18-10)15(6-8(2)3)7-9(4)11(16)17/h9H,2,5-7H2,1,3-4H3,(H,16,17). The molecule has 1 aromatic heterocycles. The smallest absolute Gasteiger partial charge is 0.308 e. The molecule has 18 heavy (non-hydrogen) atoms. The highest BCUT2D eigenvalue weighted by Gasteiger charge is 2.19. The second kappa shape index (κ2) is 6.49. The Bertz CT molecular complexity index is 431. The van der Waals surface area contributed by atoms with Gasteiger partial charge < -0.3 is 10.0 Å². The van der Waals surface area contributed by atoms with Crippen LogP contribution >= 0.6 is 11.3 Å². The fourth-order valence-electron chi connectivity index (χ4n) is 1.46. The summed E-state index contributed by atoms with van der Waals surface area (Å²) in [5.74, 6) is -1.25. The summed E-state index contributed by atoms with van der Waals surface area (Å²) in [6, 6.07) is 0. The van der Waals surface area contributed by atoms with Gasteiger partial charge in [-0.1, -0.05) is 37.3 Å². The van der Waals surface area contributed by atoms with Crippen LogP contribution in [0.1, 0.15) is 25.8 Å². The monoisotopic (exact) mass is 269 g/mol. The zero-order chi connectivity index (χ0) is 13.7. The van der Waals surface area contributed by atoms with Crippen LogP contribution in [0.3, 0.4) is 0 Å². The number of aliphatic carboxylic acids is 1. The Morgan fingerprint density at radius 2 is 2.22 bits per heavy atom. The van der Waals surface area contributed by atoms with Gasteiger partial charge in [0.2, 0.25) is 5.13 Å². The van der Waals surface area contributed by atoms with Gasteiger partial charge in [-0.25, -0.2) is 0 Å². The van der Waals surface area contributed by atoms with E-state index in [0.29, 0.717) is 13.1 Å². The molecular weight excluding hydrogens is 250 g/mol. The summed E-state index contributed by atoms with van der Waals surface area (Å²) in [4.78, 5) is 12.9. The lowest BCUT2D eigenvalue weighted by molar-refractivity contribution is -0.140. The summed E-state index contributed by atoms with van der Waals surface area (Å²) in [7, 11) is 0. The Morgan fingerprint density at radius 1 is 1.56 bits per heavy atom. The number of aryl methyl sites for hydroxylation is 1. The molecule has 0 fully saturated rings. The second-order valence-electron chi connectivity index (χ2n) is 4.41. The van der Waals surface area contributed by atoms with Gasteiger partial charge in [0.25, 0.3) is 0 Å². The number of anilines is 1. The summed E-state index contributed by atoms with van der Waals surface area (Å²) >= 11 is 1.51. The van der Waals surface area contributed by atoms with Gasteiger partial charge in [0.15, 0.2) is 0 Å². The Labute approximate surface area is 111 Å². The number of rotatable bonds is 7. The van der Waals surface area contributed by atoms with Gasteiger partial charge >= 0.3 is 5.97 Å². The number of carbonyl (C=O) groups is 1. The molecule has 0 aliphatic heterocycles. The van der Waals surface area contributed by atoms with E-state index in [9.17, 15) is 4.79 Å². The Kier molecular flexibility index (Phi) is 5.27. The van der Waals surface area contributed by atoms with E-state index in [1.165, 1.54) is 11.3 Å². The number of hydrogen-bond acceptors (Lipinski definition) is 5. The molecule has 100 valence electrons. The molecule has 0 spiro atoms. The molecule has 1 rings (SSSR count). The largest absolute Gasteiger partial charge is 0.481 e. The normalized spacial score (nSPS) is 12.2. The summed E-state index contributed by atoms with van der Waals surface area (Å²) < 4.78 is 0. The average molecular weight is 269 g/mol. The molecule has 0 radical (unpaired) electrons. The van der Waals surface area contributed by atoms with Crippen molar-refractivity contribution in [3.8, 4) is 0 Å². The molecule has 0 aromatic carbocycles. The van der Waals surface area contributed by atoms with Crippen LogP contribution in [0, 0.1) is 5.92 Å². The predicted molar refractivity (Wildman–Crippen MR) is 73.1 cm³/mol. The van der Waals surface area contributed by atoms with Gasteiger partial charge in [-0.05, 0) is 13.3 Å². The maximum absolute atomic E-state index is 10.9. The van der Waals surface area contributed by atoms with Gasteiger partial charge in [-0.3, -0.25) is 4.79 Å². The van der Waals surface area contributed by atoms with Crippen LogP contribution in [0.5, 0.6) is 0 Å². The summed E-state index contributed by atoms with van der Waals surface area (Å²) in [6.07, 6.45) is 0.840. The number of aromatic nitrogens is 2. The fraction of sp³-hybridized carbons (Fsp3) is 0.583. The quantitative estimate of drug-likeness (QED) is 0.769. The lowest BCUT2D eigenvalue weighted by atomic mass is 10.1. The van der Waals surface area contributed by atoms with Crippen LogP contribution in [0.15, 0.2) is 12.2 Å². The molecular formula is C12H19N3O2S. The van der Waals surface area contributed by atoms with E-state index >= 15 is 0 Å². The Hall–Kier alpha value is -1.43. The van der Waals surface area contributed by atoms with Crippen LogP contribution < -0.4 is 4.90 Å². The fourth-order valence-corrected chi connectivity index (χ4v) is 2.25. The molecule has 0 saturated heterocycles. The van der Waals surface area contributed by atoms with Crippen molar-refractivity contribution in [1.29, 1.82) is 0 Å². The topological polar surface area (TPSA) is 66.3 Å². The molecule has 0 aliphatic carbocycles. The minimum absolute atomic E-state index is 0.417. The molecule has 6 heteroatoms. The number of carboxylic acids is 1. The number of carboxylic acid groups (broad SMARTS) is 1. The van der Waals surface area contributed by atoms with Crippen molar-refractivity contribution in [3.05, 3.63) is 17.2 Å². The highest BCUT2D eigenvalue weighted by Crippen LogP contribution is 2.22. The van der Waals surface area contributed by atoms with E-state index in [-0.39, 0.29) is 0 Å². The van der Waals surface area contributed by atoms with E-state index in [2.05, 4.69) is 16.8 Å². The van der Waals surface area contributed by atoms with E-state index in [0.717, 1.165) is 22.1 Å². The first-order valence-corrected chi connectivity index (χ1v) is 6.70. The minimum atomic E-state index is -0.804. The van der Waals surface area contributed by atoms with Gasteiger partial charge in [0, 0.05) is 13.1 Å². The molecule has 1 aromatic rings. The molecule has 0 saturated carbocycles. The van der Waals surface area contributed by atoms with Crippen LogP contribution in [0.4, 0.5) is 5.13 Å². The van der Waals surface area contributed by atoms with Crippen LogP contribution in [-0.2, 0) is 11.2 Å². The van der Waals surface area contributed by atoms with E-state index in [4.69, 9.17) is 5.11 Å². The highest BCUT2D eigenvalue weighted by atomic mass is 32.1. The van der Waals surface area contributed by atoms with Crippen molar-refractivity contribution in [3.63, 3.8) is 0 Å². The van der Waals surface area contributed by atoms with Gasteiger partial charge in [-0.15, -0.1) is 10.2 Å². The highest BCUT2D eigenvalue weighted by molar-refractivity contribution is 7.15. The SMILES string of the molecule is C=C(C)CN(CC(C)C(=O)O)c1nnc(CC)s1. The molecule has 0 aliphatic rings. The third kappa shape index (κ3) is 4.10. The van der Waals surface area contributed by atoms with Crippen molar-refractivity contribution in [2.24, 2.45) is 5.92 Å². The van der Waals surface area contributed by atoms with Gasteiger partial charge in [0.05, 0.1) is 5.92 Å². The maximum Gasteiger partial charge on any atom is 0.308 e. The van der Waals surface area contributed by atoms with Crippen molar-refractivity contribution in [2.75, 3.05) is 18.0 Å². The lowest BCUT2D eigenvalue weighted by Crippen LogP contribution is -2.33. The van der Waals surface area contributed by atoms with Crippen molar-refractivity contribution < 1.29 is 9.90 Å². The molecule has 1 heterocycles. The van der Waals surface area contributed by atoms with E-state index in [1.807, 2.05) is 18.7 Å². The number of hydrogen-bond donors (Lipinski definition) is 1. The molecule has 1 atom stereocenters. The average Bonchev–Trinajstić information content (AvgIpc) is 2.75. The zero-order valence-corrected chi connectivity index (χ0v) is 11.8. The van der Waals surface area contributed by atoms with Gasteiger partial charge in [-0.2, -0.15) is 0 Å². The molecule has 1 N–H and O–H groups in total. The first-order chi connectivity index (χ1) is 8.43. The summed E-state index contributed by atoms with van der Waals surface area (Å²) in [6.45, 7) is 10.5. The van der Waals surface area contributed by atoms with Crippen molar-refractivity contribution in [1.82, 2.24) is 10.2 Å². The Morgan fingerprint density at radius 3 is 2.67 bits per heavy atom. The molecule has 1 unspecified atom stereocenters. The first-order valence-electron chi connectivity index (χ1n) is 5.88. The van der Waals surface area contributed by atoms with Crippen molar-refractivity contribution >= 4 is 22.4 Å². The Balaban J connectivity index is 2.83. The van der Waals surface area contributed by atoms with Crippen LogP contribution in [0.2, 0.25) is 0 Å². The molecule has 0 bridgehead atoms. The zero-order valence-electron chi connectivity index (χ0n) is 11.0. The maximum atomic E-state index is 10.9. The molecule has 5 nitrogen and oxygen atoms in total. The summed E-state index contributed by atoms with van der Waals surface area (Å²) in [5.41, 5.74) is 0.973. The third-order valence-corrected chi connectivity index (χ3v) is 3.53. The predicted octanol–water partition coefficient (Wildman–Crippen LogP) is 2.20. The first kappa shape index (κ1) is 14.6. The summed E-state index contributed by atoms with van der Waals surface area (Å²) in [5, 5.41) is 18.9. The van der Waals surface area contributed by atoms with Crippen LogP contribution in [0.25, 0.3) is 0 Å². The number of nitrogens with zero attached hydrogens (tertiary/aromatic N) is 3. The minimum Gasteiger partial charge on any atom is -0.481 e. The van der Waals surface area contributed by atoms with E-state index < -0.39 is 11.9 Å². The van der Waals surface area contributed by atoms with Crippen LogP contribution in [-0.4, -0.2) is 34.4 Å².